The van der Waals surface area contributed by atoms with Crippen LogP contribution in [0.1, 0.15) is 0 Å². The average Bonchev–Trinajstić information content (AvgIpc) is 3.62. The summed E-state index contributed by atoms with van der Waals surface area (Å²) in [4.78, 5) is 10.5. The highest BCUT2D eigenvalue weighted by atomic mass is 32.1. The van der Waals surface area contributed by atoms with Crippen molar-refractivity contribution >= 4 is 42.3 Å². The van der Waals surface area contributed by atoms with Crippen LogP contribution < -0.4 is 0 Å². The summed E-state index contributed by atoms with van der Waals surface area (Å²) in [6.45, 7) is 0. The molecule has 0 spiro atoms. The number of hydrogen-bond acceptors (Lipinski definition) is 3. The molecule has 10 aromatic rings. The standard InChI is InChI=1S/C50H32N2S/c1-3-11-33(12-4-1)36-19-22-37(23-20-36)50-51-46(40-24-21-35-15-7-8-16-38(35)27-40)32-47(52-50)43-29-41(34-13-5-2-6-14-34)28-42(30-43)39-25-26-45-44-17-9-10-18-48(44)53-49(45)31-39/h1-32H. The van der Waals surface area contributed by atoms with E-state index in [1.54, 1.807) is 0 Å². The molecule has 0 unspecified atom stereocenters. The Morgan fingerprint density at radius 1 is 0.283 bits per heavy atom. The van der Waals surface area contributed by atoms with Gasteiger partial charge < -0.3 is 0 Å². The summed E-state index contributed by atoms with van der Waals surface area (Å²) in [5.74, 6) is 0.698. The fraction of sp³-hybridized carbons (Fsp3) is 0. The molecular formula is C50H32N2S. The quantitative estimate of drug-likeness (QED) is 0.173. The van der Waals surface area contributed by atoms with Crippen LogP contribution >= 0.6 is 11.3 Å². The molecular weight excluding hydrogens is 661 g/mol. The Hall–Kier alpha value is -6.68. The second-order valence-corrected chi connectivity index (χ2v) is 14.5. The maximum atomic E-state index is 5.30. The molecule has 0 atom stereocenters. The molecule has 0 aliphatic rings. The topological polar surface area (TPSA) is 25.8 Å². The molecule has 2 heterocycles. The van der Waals surface area contributed by atoms with Crippen LogP contribution in [0.15, 0.2) is 194 Å². The van der Waals surface area contributed by atoms with Gasteiger partial charge in [0.2, 0.25) is 0 Å². The van der Waals surface area contributed by atoms with Crippen molar-refractivity contribution in [1.29, 1.82) is 0 Å². The third kappa shape index (κ3) is 5.97. The Balaban J connectivity index is 1.16. The monoisotopic (exact) mass is 692 g/mol. The molecule has 0 N–H and O–H groups in total. The van der Waals surface area contributed by atoms with Gasteiger partial charge in [0, 0.05) is 36.9 Å². The van der Waals surface area contributed by atoms with Crippen LogP contribution in [0.3, 0.4) is 0 Å². The molecule has 0 aliphatic carbocycles. The van der Waals surface area contributed by atoms with Gasteiger partial charge in [-0.2, -0.15) is 0 Å². The minimum absolute atomic E-state index is 0.698. The minimum Gasteiger partial charge on any atom is -0.228 e. The summed E-state index contributed by atoms with van der Waals surface area (Å²) in [5.41, 5.74) is 11.9. The van der Waals surface area contributed by atoms with Crippen LogP contribution in [0.25, 0.3) is 98.2 Å². The number of nitrogens with zero attached hydrogens (tertiary/aromatic N) is 2. The first-order valence-corrected chi connectivity index (χ1v) is 18.7. The van der Waals surface area contributed by atoms with E-state index in [1.807, 2.05) is 17.4 Å². The summed E-state index contributed by atoms with van der Waals surface area (Å²) in [7, 11) is 0. The van der Waals surface area contributed by atoms with E-state index in [9.17, 15) is 0 Å². The Bertz CT molecular complexity index is 2930. The maximum Gasteiger partial charge on any atom is 0.160 e. The Labute approximate surface area is 312 Å². The summed E-state index contributed by atoms with van der Waals surface area (Å²) in [5, 5.41) is 5.00. The van der Waals surface area contributed by atoms with Gasteiger partial charge >= 0.3 is 0 Å². The van der Waals surface area contributed by atoms with Crippen molar-refractivity contribution in [2.75, 3.05) is 0 Å². The van der Waals surface area contributed by atoms with E-state index in [0.717, 1.165) is 44.8 Å². The van der Waals surface area contributed by atoms with E-state index in [4.69, 9.17) is 9.97 Å². The van der Waals surface area contributed by atoms with Crippen LogP contribution in [0.5, 0.6) is 0 Å². The van der Waals surface area contributed by atoms with E-state index >= 15 is 0 Å². The minimum atomic E-state index is 0.698. The molecule has 0 amide bonds. The van der Waals surface area contributed by atoms with E-state index in [-0.39, 0.29) is 0 Å². The lowest BCUT2D eigenvalue weighted by atomic mass is 9.94. The third-order valence-electron chi connectivity index (χ3n) is 10.1. The zero-order chi connectivity index (χ0) is 35.1. The number of aromatic nitrogens is 2. The Kier molecular flexibility index (Phi) is 7.71. The van der Waals surface area contributed by atoms with Gasteiger partial charge in [-0.1, -0.05) is 152 Å². The molecule has 0 fully saturated rings. The van der Waals surface area contributed by atoms with Crippen LogP contribution in [-0.2, 0) is 0 Å². The highest BCUT2D eigenvalue weighted by Gasteiger charge is 2.15. The second kappa shape index (κ2) is 13.1. The number of benzene rings is 8. The SMILES string of the molecule is c1ccc(-c2ccc(-c3nc(-c4cc(-c5ccccc5)cc(-c5ccc6c(c5)sc5ccccc56)c4)cc(-c4ccc5ccccc5c4)n3)cc2)cc1. The van der Waals surface area contributed by atoms with Crippen molar-refractivity contribution in [3.8, 4) is 67.3 Å². The highest BCUT2D eigenvalue weighted by Crippen LogP contribution is 2.39. The molecule has 0 bridgehead atoms. The first kappa shape index (κ1) is 31.1. The number of hydrogen-bond donors (Lipinski definition) is 0. The first-order valence-electron chi connectivity index (χ1n) is 17.9. The van der Waals surface area contributed by atoms with Gasteiger partial charge in [0.1, 0.15) is 0 Å². The second-order valence-electron chi connectivity index (χ2n) is 13.4. The van der Waals surface area contributed by atoms with Crippen LogP contribution in [-0.4, -0.2) is 9.97 Å². The molecule has 0 saturated heterocycles. The largest absolute Gasteiger partial charge is 0.228 e. The van der Waals surface area contributed by atoms with Gasteiger partial charge in [-0.15, -0.1) is 11.3 Å². The van der Waals surface area contributed by atoms with E-state index < -0.39 is 0 Å². The zero-order valence-corrected chi connectivity index (χ0v) is 29.6. The van der Waals surface area contributed by atoms with E-state index in [2.05, 4.69) is 188 Å². The number of rotatable bonds is 6. The molecule has 2 nitrogen and oxygen atoms in total. The van der Waals surface area contributed by atoms with Gasteiger partial charge in [-0.05, 0) is 86.6 Å². The van der Waals surface area contributed by atoms with Crippen molar-refractivity contribution in [3.05, 3.63) is 194 Å². The molecule has 8 aromatic carbocycles. The van der Waals surface area contributed by atoms with E-state index in [0.29, 0.717) is 5.82 Å². The molecule has 0 aliphatic heterocycles. The fourth-order valence-corrected chi connectivity index (χ4v) is 8.45. The first-order chi connectivity index (χ1) is 26.2. The van der Waals surface area contributed by atoms with Gasteiger partial charge in [0.25, 0.3) is 0 Å². The zero-order valence-electron chi connectivity index (χ0n) is 28.8. The van der Waals surface area contributed by atoms with Crippen molar-refractivity contribution in [2.24, 2.45) is 0 Å². The van der Waals surface area contributed by atoms with Crippen LogP contribution in [0.4, 0.5) is 0 Å². The van der Waals surface area contributed by atoms with Crippen molar-refractivity contribution in [2.45, 2.75) is 0 Å². The lowest BCUT2D eigenvalue weighted by molar-refractivity contribution is 1.18. The third-order valence-corrected chi connectivity index (χ3v) is 11.2. The molecule has 53 heavy (non-hydrogen) atoms. The molecule has 0 saturated carbocycles. The summed E-state index contributed by atoms with van der Waals surface area (Å²) in [6.07, 6.45) is 0. The van der Waals surface area contributed by atoms with Gasteiger partial charge in [0.05, 0.1) is 11.4 Å². The molecule has 248 valence electrons. The summed E-state index contributed by atoms with van der Waals surface area (Å²) in [6, 6.07) is 69.3. The molecule has 2 aromatic heterocycles. The van der Waals surface area contributed by atoms with Crippen molar-refractivity contribution in [1.82, 2.24) is 9.97 Å². The lowest BCUT2D eigenvalue weighted by Crippen LogP contribution is -1.97. The molecule has 3 heteroatoms. The fourth-order valence-electron chi connectivity index (χ4n) is 7.31. The van der Waals surface area contributed by atoms with Gasteiger partial charge in [-0.25, -0.2) is 9.97 Å². The summed E-state index contributed by atoms with van der Waals surface area (Å²) >= 11 is 1.85. The van der Waals surface area contributed by atoms with Crippen LogP contribution in [0, 0.1) is 0 Å². The van der Waals surface area contributed by atoms with Gasteiger partial charge in [0.15, 0.2) is 5.82 Å². The predicted octanol–water partition coefficient (Wildman–Crippen LogP) is 14.0. The Morgan fingerprint density at radius 3 is 1.58 bits per heavy atom. The molecule has 10 rings (SSSR count). The van der Waals surface area contributed by atoms with E-state index in [1.165, 1.54) is 47.6 Å². The normalized spacial score (nSPS) is 11.4. The number of thiophene rings is 1. The molecule has 0 radical (unpaired) electrons. The van der Waals surface area contributed by atoms with Crippen LogP contribution in [0.2, 0.25) is 0 Å². The average molecular weight is 693 g/mol. The van der Waals surface area contributed by atoms with Crippen molar-refractivity contribution in [3.63, 3.8) is 0 Å². The number of fused-ring (bicyclic) bond motifs is 4. The smallest absolute Gasteiger partial charge is 0.160 e. The van der Waals surface area contributed by atoms with Crippen molar-refractivity contribution < 1.29 is 0 Å². The Morgan fingerprint density at radius 2 is 0.811 bits per heavy atom. The maximum absolute atomic E-state index is 5.30. The predicted molar refractivity (Wildman–Crippen MR) is 225 cm³/mol. The summed E-state index contributed by atoms with van der Waals surface area (Å²) < 4.78 is 2.60. The van der Waals surface area contributed by atoms with Gasteiger partial charge in [-0.3, -0.25) is 0 Å². The highest BCUT2D eigenvalue weighted by molar-refractivity contribution is 7.25. The lowest BCUT2D eigenvalue weighted by Gasteiger charge is -2.14.